The number of amides is 2. The highest BCUT2D eigenvalue weighted by Gasteiger charge is 2.33. The highest BCUT2D eigenvalue weighted by molar-refractivity contribution is 7.03. The maximum Gasteiger partial charge on any atom is 0.276 e. The van der Waals surface area contributed by atoms with Crippen LogP contribution in [0.25, 0.3) is 0 Å². The lowest BCUT2D eigenvalue weighted by atomic mass is 10.00. The van der Waals surface area contributed by atoms with Gasteiger partial charge in [0.1, 0.15) is 6.04 Å². The van der Waals surface area contributed by atoms with Gasteiger partial charge in [-0.3, -0.25) is 9.59 Å². The number of benzene rings is 1. The Labute approximate surface area is 158 Å². The molecular weight excluding hydrogens is 348 g/mol. The normalized spacial score (nSPS) is 12.3. The number of nitrogens with zero attached hydrogens (tertiary/aromatic N) is 3. The molecule has 2 rings (SSSR count). The summed E-state index contributed by atoms with van der Waals surface area (Å²) in [6.07, 6.45) is 1.60. The first-order valence-electron chi connectivity index (χ1n) is 8.30. The topological polar surface area (TPSA) is 75.2 Å². The molecule has 0 spiro atoms. The average Bonchev–Trinajstić information content (AvgIpc) is 3.08. The van der Waals surface area contributed by atoms with E-state index in [0.29, 0.717) is 0 Å². The van der Waals surface area contributed by atoms with E-state index in [9.17, 15) is 9.59 Å². The molecule has 2 aromatic rings. The summed E-state index contributed by atoms with van der Waals surface area (Å²) in [5, 5.41) is 8.40. The predicted octanol–water partition coefficient (Wildman–Crippen LogP) is 3.13. The molecule has 1 N–H and O–H groups in total. The van der Waals surface area contributed by atoms with E-state index in [-0.39, 0.29) is 24.1 Å². The molecule has 6 nitrogen and oxygen atoms in total. The second-order valence-corrected chi connectivity index (χ2v) is 7.70. The molecule has 0 saturated carbocycles. The van der Waals surface area contributed by atoms with Crippen molar-refractivity contribution in [2.24, 2.45) is 0 Å². The number of carbonyl (C=O) groups is 2. The largest absolute Gasteiger partial charge is 0.349 e. The van der Waals surface area contributed by atoms with Gasteiger partial charge < -0.3 is 10.2 Å². The summed E-state index contributed by atoms with van der Waals surface area (Å²) in [5.41, 5.74) is 1.60. The molecule has 1 aromatic heterocycles. The highest BCUT2D eigenvalue weighted by atomic mass is 32.1. The van der Waals surface area contributed by atoms with Crippen LogP contribution in [0.2, 0.25) is 0 Å². The van der Waals surface area contributed by atoms with Crippen molar-refractivity contribution < 1.29 is 9.59 Å². The van der Waals surface area contributed by atoms with Crippen LogP contribution in [0.1, 0.15) is 48.4 Å². The number of carbonyl (C=O) groups excluding carboxylic acids is 2. The molecule has 1 aromatic carbocycles. The molecule has 0 saturated heterocycles. The molecular formula is C19H24N4O2S. The molecule has 0 aliphatic carbocycles. The second-order valence-electron chi connectivity index (χ2n) is 7.09. The predicted molar refractivity (Wildman–Crippen MR) is 103 cm³/mol. The van der Waals surface area contributed by atoms with E-state index in [1.807, 2.05) is 52.0 Å². The fourth-order valence-corrected chi connectivity index (χ4v) is 2.94. The Morgan fingerprint density at radius 3 is 2.46 bits per heavy atom. The van der Waals surface area contributed by atoms with Gasteiger partial charge in [0.15, 0.2) is 5.69 Å². The van der Waals surface area contributed by atoms with Crippen molar-refractivity contribution in [2.45, 2.75) is 39.3 Å². The van der Waals surface area contributed by atoms with E-state index in [1.165, 1.54) is 4.90 Å². The Bertz CT molecular complexity index is 764. The number of hydrogen-bond donors (Lipinski definition) is 1. The molecule has 7 heteroatoms. The molecule has 0 radical (unpaired) electrons. The monoisotopic (exact) mass is 372 g/mol. The molecule has 0 fully saturated rings. The van der Waals surface area contributed by atoms with Crippen LogP contribution in [-0.2, 0) is 4.79 Å². The van der Waals surface area contributed by atoms with E-state index in [4.69, 9.17) is 0 Å². The van der Waals surface area contributed by atoms with Crippen molar-refractivity contribution in [2.75, 3.05) is 6.54 Å². The third-order valence-electron chi connectivity index (χ3n) is 3.62. The molecule has 2 amide bonds. The van der Waals surface area contributed by atoms with Crippen molar-refractivity contribution in [1.29, 1.82) is 0 Å². The number of rotatable bonds is 6. The fourth-order valence-electron chi connectivity index (χ4n) is 2.51. The third-order valence-corrected chi connectivity index (χ3v) is 4.12. The van der Waals surface area contributed by atoms with Gasteiger partial charge >= 0.3 is 0 Å². The second kappa shape index (κ2) is 8.23. The summed E-state index contributed by atoms with van der Waals surface area (Å²) >= 11 is 1.10. The zero-order valence-corrected chi connectivity index (χ0v) is 16.3. The standard InChI is InChI=1S/C19H24N4O2S/c1-6-11-23(18(25)15-12-26-22-21-15)16(17(24)20-19(3,4)5)14-9-7-13(2)8-10-14/h6-10,12,16H,1,11H2,2-5H3,(H,20,24)/t16-/m1/s1. The van der Waals surface area contributed by atoms with Crippen LogP contribution in [0.15, 0.2) is 42.3 Å². The van der Waals surface area contributed by atoms with Crippen LogP contribution < -0.4 is 5.32 Å². The minimum Gasteiger partial charge on any atom is -0.349 e. The zero-order chi connectivity index (χ0) is 19.3. The van der Waals surface area contributed by atoms with Gasteiger partial charge in [0.2, 0.25) is 5.91 Å². The van der Waals surface area contributed by atoms with E-state index >= 15 is 0 Å². The van der Waals surface area contributed by atoms with E-state index in [1.54, 1.807) is 11.5 Å². The van der Waals surface area contributed by atoms with E-state index in [0.717, 1.165) is 22.7 Å². The van der Waals surface area contributed by atoms with Crippen molar-refractivity contribution in [3.63, 3.8) is 0 Å². The van der Waals surface area contributed by atoms with Crippen LogP contribution in [-0.4, -0.2) is 38.4 Å². The smallest absolute Gasteiger partial charge is 0.276 e. The first-order valence-corrected chi connectivity index (χ1v) is 9.14. The van der Waals surface area contributed by atoms with Crippen molar-refractivity contribution in [3.8, 4) is 0 Å². The summed E-state index contributed by atoms with van der Waals surface area (Å²) in [4.78, 5) is 27.5. The number of hydrogen-bond acceptors (Lipinski definition) is 5. The summed E-state index contributed by atoms with van der Waals surface area (Å²) in [6.45, 7) is 11.6. The Morgan fingerprint density at radius 1 is 1.31 bits per heavy atom. The van der Waals surface area contributed by atoms with Gasteiger partial charge in [0.25, 0.3) is 5.91 Å². The molecule has 0 unspecified atom stereocenters. The lowest BCUT2D eigenvalue weighted by Crippen LogP contribution is -2.49. The molecule has 0 bridgehead atoms. The van der Waals surface area contributed by atoms with Crippen LogP contribution in [0.5, 0.6) is 0 Å². The Balaban J connectivity index is 2.47. The summed E-state index contributed by atoms with van der Waals surface area (Å²) in [7, 11) is 0. The number of aryl methyl sites for hydroxylation is 1. The van der Waals surface area contributed by atoms with Crippen molar-refractivity contribution >= 4 is 23.3 Å². The van der Waals surface area contributed by atoms with Crippen LogP contribution in [0, 0.1) is 6.92 Å². The average molecular weight is 372 g/mol. The molecule has 26 heavy (non-hydrogen) atoms. The zero-order valence-electron chi connectivity index (χ0n) is 15.5. The van der Waals surface area contributed by atoms with Gasteiger partial charge in [-0.1, -0.05) is 40.4 Å². The molecule has 1 heterocycles. The van der Waals surface area contributed by atoms with Crippen LogP contribution >= 0.6 is 11.5 Å². The molecule has 0 aliphatic heterocycles. The van der Waals surface area contributed by atoms with E-state index in [2.05, 4.69) is 21.5 Å². The third kappa shape index (κ3) is 4.98. The van der Waals surface area contributed by atoms with Gasteiger partial charge in [-0.25, -0.2) is 0 Å². The molecule has 138 valence electrons. The van der Waals surface area contributed by atoms with Crippen molar-refractivity contribution in [3.05, 3.63) is 59.1 Å². The Hall–Kier alpha value is -2.54. The van der Waals surface area contributed by atoms with Crippen molar-refractivity contribution in [1.82, 2.24) is 19.8 Å². The summed E-state index contributed by atoms with van der Waals surface area (Å²) in [5.74, 6) is -0.604. The Morgan fingerprint density at radius 2 is 1.96 bits per heavy atom. The van der Waals surface area contributed by atoms with Crippen LogP contribution in [0.3, 0.4) is 0 Å². The van der Waals surface area contributed by atoms with Gasteiger partial charge in [-0.05, 0) is 44.8 Å². The van der Waals surface area contributed by atoms with E-state index < -0.39 is 11.6 Å². The first-order chi connectivity index (χ1) is 12.2. The quantitative estimate of drug-likeness (QED) is 0.791. The maximum absolute atomic E-state index is 13.1. The number of nitrogens with one attached hydrogen (secondary N) is 1. The molecule has 1 atom stereocenters. The summed E-state index contributed by atoms with van der Waals surface area (Å²) in [6, 6.07) is 6.79. The minimum absolute atomic E-state index is 0.215. The lowest BCUT2D eigenvalue weighted by Gasteiger charge is -2.32. The maximum atomic E-state index is 13.1. The van der Waals surface area contributed by atoms with Gasteiger partial charge in [0.05, 0.1) is 0 Å². The van der Waals surface area contributed by atoms with Gasteiger partial charge in [0, 0.05) is 17.5 Å². The van der Waals surface area contributed by atoms with Crippen LogP contribution in [0.4, 0.5) is 0 Å². The molecule has 0 aliphatic rings. The Kier molecular flexibility index (Phi) is 6.26. The number of aromatic nitrogens is 2. The van der Waals surface area contributed by atoms with Gasteiger partial charge in [-0.15, -0.1) is 11.7 Å². The highest BCUT2D eigenvalue weighted by Crippen LogP contribution is 2.24. The first kappa shape index (κ1) is 19.8. The van der Waals surface area contributed by atoms with Gasteiger partial charge in [-0.2, -0.15) is 0 Å². The minimum atomic E-state index is -0.790. The lowest BCUT2D eigenvalue weighted by molar-refractivity contribution is -0.127. The SMILES string of the molecule is C=CCN(C(=O)c1csnn1)[C@@H](C(=O)NC(C)(C)C)c1ccc(C)cc1. The fraction of sp³-hybridized carbons (Fsp3) is 0.368. The summed E-state index contributed by atoms with van der Waals surface area (Å²) < 4.78 is 3.75.